The highest BCUT2D eigenvalue weighted by molar-refractivity contribution is 5.86. The van der Waals surface area contributed by atoms with Gasteiger partial charge in [0.25, 0.3) is 0 Å². The zero-order valence-electron chi connectivity index (χ0n) is 10.7. The van der Waals surface area contributed by atoms with Gasteiger partial charge in [-0.3, -0.25) is 9.69 Å². The highest BCUT2D eigenvalue weighted by Gasteiger charge is 2.49. The van der Waals surface area contributed by atoms with Crippen LogP contribution in [0.3, 0.4) is 0 Å². The van der Waals surface area contributed by atoms with Crippen LogP contribution in [0.1, 0.15) is 19.3 Å². The number of hydrogen-bond acceptors (Lipinski definition) is 4. The standard InChI is InChI=1S/C12H23N3O2/c1-14-12(11(13)16,9-3-4-9)8-15(2)10-5-6-17-7-10/h9-10,14H,3-8H2,1-2H3,(H2,13,16). The van der Waals surface area contributed by atoms with E-state index in [-0.39, 0.29) is 5.91 Å². The Hall–Kier alpha value is -0.650. The number of hydrogen-bond donors (Lipinski definition) is 2. The van der Waals surface area contributed by atoms with E-state index >= 15 is 0 Å². The number of carbonyl (C=O) groups is 1. The molecule has 17 heavy (non-hydrogen) atoms. The van der Waals surface area contributed by atoms with Gasteiger partial charge >= 0.3 is 0 Å². The van der Waals surface area contributed by atoms with Crippen LogP contribution >= 0.6 is 0 Å². The minimum atomic E-state index is -0.558. The first-order valence-corrected chi connectivity index (χ1v) is 6.37. The lowest BCUT2D eigenvalue weighted by Gasteiger charge is -2.36. The molecule has 1 amide bonds. The van der Waals surface area contributed by atoms with Gasteiger partial charge in [-0.15, -0.1) is 0 Å². The van der Waals surface area contributed by atoms with Crippen molar-refractivity contribution in [2.45, 2.75) is 30.8 Å². The third-order valence-electron chi connectivity index (χ3n) is 4.19. The molecule has 0 radical (unpaired) electrons. The third-order valence-corrected chi connectivity index (χ3v) is 4.19. The number of rotatable bonds is 6. The van der Waals surface area contributed by atoms with E-state index in [2.05, 4.69) is 17.3 Å². The van der Waals surface area contributed by atoms with E-state index in [1.54, 1.807) is 0 Å². The van der Waals surface area contributed by atoms with E-state index in [4.69, 9.17) is 10.5 Å². The summed E-state index contributed by atoms with van der Waals surface area (Å²) in [7, 11) is 3.89. The van der Waals surface area contributed by atoms with Crippen molar-refractivity contribution in [2.75, 3.05) is 33.9 Å². The molecule has 2 unspecified atom stereocenters. The second-order valence-electron chi connectivity index (χ2n) is 5.29. The lowest BCUT2D eigenvalue weighted by molar-refractivity contribution is -0.126. The molecule has 1 aliphatic heterocycles. The Bertz CT molecular complexity index is 287. The predicted octanol–water partition coefficient (Wildman–Crippen LogP) is -0.439. The van der Waals surface area contributed by atoms with E-state index in [0.29, 0.717) is 18.5 Å². The van der Waals surface area contributed by atoms with Gasteiger partial charge < -0.3 is 15.8 Å². The van der Waals surface area contributed by atoms with Gasteiger partial charge in [0, 0.05) is 19.2 Å². The van der Waals surface area contributed by atoms with Gasteiger partial charge in [-0.05, 0) is 39.3 Å². The first-order chi connectivity index (χ1) is 8.10. The number of ether oxygens (including phenoxy) is 1. The number of primary amides is 1. The highest BCUT2D eigenvalue weighted by atomic mass is 16.5. The van der Waals surface area contributed by atoms with Gasteiger partial charge in [0.15, 0.2) is 0 Å². The first kappa shape index (κ1) is 12.8. The van der Waals surface area contributed by atoms with Gasteiger partial charge in [0.1, 0.15) is 5.54 Å². The fourth-order valence-corrected chi connectivity index (χ4v) is 2.78. The second-order valence-corrected chi connectivity index (χ2v) is 5.29. The van der Waals surface area contributed by atoms with Gasteiger partial charge in [0.2, 0.25) is 5.91 Å². The number of carbonyl (C=O) groups excluding carboxylic acids is 1. The summed E-state index contributed by atoms with van der Waals surface area (Å²) >= 11 is 0. The molecule has 0 aromatic heterocycles. The minimum absolute atomic E-state index is 0.228. The summed E-state index contributed by atoms with van der Waals surface area (Å²) in [5, 5.41) is 3.17. The molecule has 2 fully saturated rings. The Morgan fingerprint density at radius 3 is 2.65 bits per heavy atom. The van der Waals surface area contributed by atoms with E-state index < -0.39 is 5.54 Å². The fraction of sp³-hybridized carbons (Fsp3) is 0.917. The van der Waals surface area contributed by atoms with Crippen LogP contribution in [0.4, 0.5) is 0 Å². The van der Waals surface area contributed by atoms with Crippen molar-refractivity contribution in [3.8, 4) is 0 Å². The summed E-state index contributed by atoms with van der Waals surface area (Å²) < 4.78 is 5.38. The van der Waals surface area contributed by atoms with Crippen molar-refractivity contribution in [3.05, 3.63) is 0 Å². The monoisotopic (exact) mass is 241 g/mol. The second kappa shape index (κ2) is 4.92. The fourth-order valence-electron chi connectivity index (χ4n) is 2.78. The van der Waals surface area contributed by atoms with Crippen LogP contribution in [0.15, 0.2) is 0 Å². The Morgan fingerprint density at radius 2 is 2.24 bits per heavy atom. The molecule has 2 aliphatic rings. The van der Waals surface area contributed by atoms with Crippen molar-refractivity contribution in [1.82, 2.24) is 10.2 Å². The van der Waals surface area contributed by atoms with E-state index in [9.17, 15) is 4.79 Å². The number of nitrogens with two attached hydrogens (primary N) is 1. The zero-order chi connectivity index (χ0) is 12.5. The van der Waals surface area contributed by atoms with Crippen molar-refractivity contribution in [3.63, 3.8) is 0 Å². The molecule has 3 N–H and O–H groups in total. The highest BCUT2D eigenvalue weighted by Crippen LogP contribution is 2.40. The summed E-state index contributed by atoms with van der Waals surface area (Å²) in [6.07, 6.45) is 3.23. The maximum Gasteiger partial charge on any atom is 0.239 e. The molecule has 0 aromatic rings. The predicted molar refractivity (Wildman–Crippen MR) is 65.6 cm³/mol. The van der Waals surface area contributed by atoms with Crippen LogP contribution in [0.2, 0.25) is 0 Å². The van der Waals surface area contributed by atoms with Crippen molar-refractivity contribution in [2.24, 2.45) is 11.7 Å². The van der Waals surface area contributed by atoms with Gasteiger partial charge in [0.05, 0.1) is 6.61 Å². The van der Waals surface area contributed by atoms with E-state index in [1.807, 2.05) is 7.05 Å². The number of nitrogens with zero attached hydrogens (tertiary/aromatic N) is 1. The summed E-state index contributed by atoms with van der Waals surface area (Å²) in [4.78, 5) is 14.0. The SMILES string of the molecule is CNC(CN(C)C1CCOC1)(C(N)=O)C1CC1. The van der Waals surface area contributed by atoms with E-state index in [1.165, 1.54) is 0 Å². The average Bonchev–Trinajstić information content (AvgIpc) is 3.00. The number of nitrogens with one attached hydrogen (secondary N) is 1. The molecule has 1 heterocycles. The summed E-state index contributed by atoms with van der Waals surface area (Å²) in [6.45, 7) is 2.26. The number of amides is 1. The zero-order valence-corrected chi connectivity index (χ0v) is 10.7. The Kier molecular flexibility index (Phi) is 3.70. The Labute approximate surface area is 103 Å². The van der Waals surface area contributed by atoms with Gasteiger partial charge in [-0.1, -0.05) is 0 Å². The van der Waals surface area contributed by atoms with Crippen molar-refractivity contribution in [1.29, 1.82) is 0 Å². The lowest BCUT2D eigenvalue weighted by atomic mass is 9.91. The molecule has 0 spiro atoms. The lowest BCUT2D eigenvalue weighted by Crippen LogP contribution is -2.62. The molecule has 98 valence electrons. The topological polar surface area (TPSA) is 67.6 Å². The maximum absolute atomic E-state index is 11.8. The molecule has 5 heteroatoms. The molecule has 5 nitrogen and oxygen atoms in total. The molecular formula is C12H23N3O2. The molecule has 1 saturated carbocycles. The van der Waals surface area contributed by atoms with Gasteiger partial charge in [-0.25, -0.2) is 0 Å². The maximum atomic E-state index is 11.8. The molecular weight excluding hydrogens is 218 g/mol. The first-order valence-electron chi connectivity index (χ1n) is 6.37. The largest absolute Gasteiger partial charge is 0.380 e. The smallest absolute Gasteiger partial charge is 0.239 e. The Balaban J connectivity index is 2.03. The van der Waals surface area contributed by atoms with E-state index in [0.717, 1.165) is 32.5 Å². The molecule has 2 rings (SSSR count). The average molecular weight is 241 g/mol. The van der Waals surface area contributed by atoms with Crippen LogP contribution < -0.4 is 11.1 Å². The molecule has 0 aromatic carbocycles. The van der Waals surface area contributed by atoms with Crippen LogP contribution in [0.5, 0.6) is 0 Å². The van der Waals surface area contributed by atoms with Crippen LogP contribution in [-0.4, -0.2) is 56.2 Å². The molecule has 0 bridgehead atoms. The Morgan fingerprint density at radius 1 is 1.53 bits per heavy atom. The normalized spacial score (nSPS) is 28.3. The van der Waals surface area contributed by atoms with Crippen LogP contribution in [-0.2, 0) is 9.53 Å². The summed E-state index contributed by atoms with van der Waals surface area (Å²) in [6, 6.07) is 0.417. The van der Waals surface area contributed by atoms with Crippen molar-refractivity contribution < 1.29 is 9.53 Å². The molecule has 2 atom stereocenters. The van der Waals surface area contributed by atoms with Crippen molar-refractivity contribution >= 4 is 5.91 Å². The quantitative estimate of drug-likeness (QED) is 0.661. The molecule has 1 aliphatic carbocycles. The van der Waals surface area contributed by atoms with Crippen LogP contribution in [0.25, 0.3) is 0 Å². The summed E-state index contributed by atoms with van der Waals surface area (Å²) in [5.41, 5.74) is 5.05. The van der Waals surface area contributed by atoms with Gasteiger partial charge in [-0.2, -0.15) is 0 Å². The molecule has 1 saturated heterocycles. The minimum Gasteiger partial charge on any atom is -0.380 e. The number of likely N-dealkylation sites (N-methyl/N-ethyl adjacent to an activating group) is 2. The summed E-state index contributed by atoms with van der Waals surface area (Å²) in [5.74, 6) is 0.169. The third kappa shape index (κ3) is 2.46. The van der Waals surface area contributed by atoms with Crippen LogP contribution in [0, 0.1) is 5.92 Å².